The number of imide groups is 1. The standard InChI is InChI=1S/C22H22N4O3S/c1-3-26-20(27)11-18(22(26)29)30-17-7-5-4-6-16(17)21(28)23-12-15-13-25-9-8-14(2)10-19(25)24-15/h4-10,13,18H,3,11-12H2,1-2H3,(H,23,28)/t18-/m0/s1. The molecule has 0 radical (unpaired) electrons. The van der Waals surface area contributed by atoms with Crippen LogP contribution in [0.5, 0.6) is 0 Å². The van der Waals surface area contributed by atoms with E-state index in [1.807, 2.05) is 41.9 Å². The van der Waals surface area contributed by atoms with Crippen molar-refractivity contribution in [3.63, 3.8) is 0 Å². The van der Waals surface area contributed by atoms with Crippen molar-refractivity contribution >= 4 is 35.1 Å². The van der Waals surface area contributed by atoms with Crippen LogP contribution in [0, 0.1) is 6.92 Å². The van der Waals surface area contributed by atoms with Gasteiger partial charge in [-0.15, -0.1) is 11.8 Å². The number of pyridine rings is 1. The fraction of sp³-hybridized carbons (Fsp3) is 0.273. The highest BCUT2D eigenvalue weighted by atomic mass is 32.2. The largest absolute Gasteiger partial charge is 0.346 e. The van der Waals surface area contributed by atoms with E-state index in [0.717, 1.165) is 16.9 Å². The number of hydrogen-bond acceptors (Lipinski definition) is 5. The number of fused-ring (bicyclic) bond motifs is 1. The Bertz CT molecular complexity index is 1140. The number of amides is 3. The summed E-state index contributed by atoms with van der Waals surface area (Å²) >= 11 is 1.27. The molecule has 1 aromatic carbocycles. The second kappa shape index (κ2) is 8.31. The molecule has 1 atom stereocenters. The van der Waals surface area contributed by atoms with Crippen LogP contribution >= 0.6 is 11.8 Å². The number of benzene rings is 1. The van der Waals surface area contributed by atoms with Crippen molar-refractivity contribution < 1.29 is 14.4 Å². The molecule has 0 aliphatic carbocycles. The first kappa shape index (κ1) is 20.2. The fourth-order valence-corrected chi connectivity index (χ4v) is 4.68. The molecule has 2 aromatic heterocycles. The van der Waals surface area contributed by atoms with Gasteiger partial charge in [-0.05, 0) is 43.7 Å². The van der Waals surface area contributed by atoms with E-state index >= 15 is 0 Å². The minimum atomic E-state index is -0.493. The van der Waals surface area contributed by atoms with Crippen LogP contribution in [0.3, 0.4) is 0 Å². The average Bonchev–Trinajstić information content (AvgIpc) is 3.25. The van der Waals surface area contributed by atoms with Gasteiger partial charge >= 0.3 is 0 Å². The Morgan fingerprint density at radius 3 is 2.83 bits per heavy atom. The maximum atomic E-state index is 12.8. The number of rotatable bonds is 6. The molecule has 1 aliphatic rings. The predicted octanol–water partition coefficient (Wildman–Crippen LogP) is 2.81. The summed E-state index contributed by atoms with van der Waals surface area (Å²) in [5.41, 5.74) is 3.20. The molecule has 0 bridgehead atoms. The molecular formula is C22H22N4O3S. The van der Waals surface area contributed by atoms with Crippen LogP contribution in [0.25, 0.3) is 5.65 Å². The third-order valence-corrected chi connectivity index (χ3v) is 6.28. The van der Waals surface area contributed by atoms with Crippen molar-refractivity contribution in [1.29, 1.82) is 0 Å². The van der Waals surface area contributed by atoms with Gasteiger partial charge < -0.3 is 9.72 Å². The lowest BCUT2D eigenvalue weighted by Gasteiger charge is -2.13. The van der Waals surface area contributed by atoms with Crippen LogP contribution < -0.4 is 5.32 Å². The van der Waals surface area contributed by atoms with E-state index in [-0.39, 0.29) is 24.1 Å². The summed E-state index contributed by atoms with van der Waals surface area (Å²) < 4.78 is 1.92. The molecule has 154 valence electrons. The molecule has 0 unspecified atom stereocenters. The number of imidazole rings is 1. The molecule has 1 saturated heterocycles. The van der Waals surface area contributed by atoms with Gasteiger partial charge in [0.05, 0.1) is 23.1 Å². The minimum Gasteiger partial charge on any atom is -0.346 e. The third kappa shape index (κ3) is 3.95. The molecule has 3 amide bonds. The van der Waals surface area contributed by atoms with E-state index in [2.05, 4.69) is 10.3 Å². The molecule has 1 fully saturated rings. The first-order chi connectivity index (χ1) is 14.5. The zero-order valence-corrected chi connectivity index (χ0v) is 17.6. The van der Waals surface area contributed by atoms with Gasteiger partial charge in [0.2, 0.25) is 11.8 Å². The van der Waals surface area contributed by atoms with Crippen LogP contribution in [0.2, 0.25) is 0 Å². The van der Waals surface area contributed by atoms with Gasteiger partial charge in [-0.25, -0.2) is 4.98 Å². The van der Waals surface area contributed by atoms with Gasteiger partial charge in [0.25, 0.3) is 5.91 Å². The number of carbonyl (C=O) groups excluding carboxylic acids is 3. The molecule has 4 rings (SSSR count). The van der Waals surface area contributed by atoms with E-state index in [1.54, 1.807) is 25.1 Å². The second-order valence-electron chi connectivity index (χ2n) is 7.17. The van der Waals surface area contributed by atoms with Crippen molar-refractivity contribution in [1.82, 2.24) is 19.6 Å². The lowest BCUT2D eigenvalue weighted by atomic mass is 10.2. The van der Waals surface area contributed by atoms with Crippen LogP contribution in [-0.4, -0.2) is 43.8 Å². The van der Waals surface area contributed by atoms with Gasteiger partial charge in [-0.1, -0.05) is 12.1 Å². The van der Waals surface area contributed by atoms with Gasteiger partial charge in [0.1, 0.15) is 5.65 Å². The molecule has 8 heteroatoms. The van der Waals surface area contributed by atoms with Crippen molar-refractivity contribution in [3.05, 3.63) is 65.6 Å². The summed E-state index contributed by atoms with van der Waals surface area (Å²) in [4.78, 5) is 43.7. The highest BCUT2D eigenvalue weighted by Gasteiger charge is 2.38. The Balaban J connectivity index is 1.46. The second-order valence-corrected chi connectivity index (χ2v) is 8.41. The summed E-state index contributed by atoms with van der Waals surface area (Å²) in [5, 5.41) is 2.41. The van der Waals surface area contributed by atoms with Gasteiger partial charge in [-0.3, -0.25) is 19.3 Å². The van der Waals surface area contributed by atoms with Gasteiger partial charge in [-0.2, -0.15) is 0 Å². The van der Waals surface area contributed by atoms with E-state index in [1.165, 1.54) is 16.7 Å². The number of thioether (sulfide) groups is 1. The van der Waals surface area contributed by atoms with Crippen LogP contribution in [0.15, 0.2) is 53.7 Å². The molecule has 1 aliphatic heterocycles. The number of nitrogens with zero attached hydrogens (tertiary/aromatic N) is 3. The van der Waals surface area contributed by atoms with Gasteiger partial charge in [0, 0.05) is 30.3 Å². The summed E-state index contributed by atoms with van der Waals surface area (Å²) in [6, 6.07) is 11.1. The molecule has 30 heavy (non-hydrogen) atoms. The Morgan fingerprint density at radius 2 is 2.07 bits per heavy atom. The van der Waals surface area contributed by atoms with Gasteiger partial charge in [0.15, 0.2) is 0 Å². The summed E-state index contributed by atoms with van der Waals surface area (Å²) in [5.74, 6) is -0.595. The predicted molar refractivity (Wildman–Crippen MR) is 114 cm³/mol. The lowest BCUT2D eigenvalue weighted by Crippen LogP contribution is -2.31. The van der Waals surface area contributed by atoms with E-state index < -0.39 is 5.25 Å². The Hall–Kier alpha value is -3.13. The highest BCUT2D eigenvalue weighted by molar-refractivity contribution is 8.00. The lowest BCUT2D eigenvalue weighted by molar-refractivity contribution is -0.137. The van der Waals surface area contributed by atoms with E-state index in [0.29, 0.717) is 23.5 Å². The van der Waals surface area contributed by atoms with Crippen molar-refractivity contribution in [2.24, 2.45) is 0 Å². The third-order valence-electron chi connectivity index (χ3n) is 5.02. The van der Waals surface area contributed by atoms with Crippen LogP contribution in [0.4, 0.5) is 0 Å². The molecule has 3 aromatic rings. The van der Waals surface area contributed by atoms with Crippen molar-refractivity contribution in [3.8, 4) is 0 Å². The SMILES string of the molecule is CCN1C(=O)C[C@H](Sc2ccccc2C(=O)NCc2cn3ccc(C)cc3n2)C1=O. The monoisotopic (exact) mass is 422 g/mol. The normalized spacial score (nSPS) is 16.5. The molecule has 0 saturated carbocycles. The Kier molecular flexibility index (Phi) is 5.59. The van der Waals surface area contributed by atoms with Crippen LogP contribution in [-0.2, 0) is 16.1 Å². The number of aromatic nitrogens is 2. The number of carbonyl (C=O) groups is 3. The first-order valence-corrected chi connectivity index (χ1v) is 10.7. The first-order valence-electron chi connectivity index (χ1n) is 9.78. The molecule has 7 nitrogen and oxygen atoms in total. The average molecular weight is 423 g/mol. The quantitative estimate of drug-likeness (QED) is 0.618. The minimum absolute atomic E-state index is 0.161. The highest BCUT2D eigenvalue weighted by Crippen LogP contribution is 2.33. The molecule has 1 N–H and O–H groups in total. The van der Waals surface area contributed by atoms with Crippen LogP contribution in [0.1, 0.15) is 35.0 Å². The van der Waals surface area contributed by atoms with Crippen molar-refractivity contribution in [2.45, 2.75) is 37.0 Å². The maximum Gasteiger partial charge on any atom is 0.252 e. The number of likely N-dealkylation sites (tertiary alicyclic amines) is 1. The summed E-state index contributed by atoms with van der Waals surface area (Å²) in [7, 11) is 0. The van der Waals surface area contributed by atoms with E-state index in [9.17, 15) is 14.4 Å². The Labute approximate surface area is 178 Å². The zero-order chi connectivity index (χ0) is 21.3. The van der Waals surface area contributed by atoms with E-state index in [4.69, 9.17) is 0 Å². The smallest absolute Gasteiger partial charge is 0.252 e. The fourth-order valence-electron chi connectivity index (χ4n) is 3.47. The number of aryl methyl sites for hydroxylation is 1. The Morgan fingerprint density at radius 1 is 1.27 bits per heavy atom. The zero-order valence-electron chi connectivity index (χ0n) is 16.8. The topological polar surface area (TPSA) is 83.8 Å². The molecular weight excluding hydrogens is 400 g/mol. The number of hydrogen-bond donors (Lipinski definition) is 1. The molecule has 0 spiro atoms. The number of nitrogens with one attached hydrogen (secondary N) is 1. The van der Waals surface area contributed by atoms with Crippen molar-refractivity contribution in [2.75, 3.05) is 6.54 Å². The molecule has 3 heterocycles. The maximum absolute atomic E-state index is 12.8. The summed E-state index contributed by atoms with van der Waals surface area (Å²) in [6.45, 7) is 4.45. The summed E-state index contributed by atoms with van der Waals surface area (Å²) in [6.07, 6.45) is 3.99.